The van der Waals surface area contributed by atoms with Gasteiger partial charge in [0.05, 0.1) is 7.11 Å². The fourth-order valence-electron chi connectivity index (χ4n) is 3.13. The van der Waals surface area contributed by atoms with Crippen LogP contribution in [0.4, 0.5) is 8.78 Å². The number of amides is 1. The van der Waals surface area contributed by atoms with Crippen molar-refractivity contribution < 1.29 is 23.0 Å². The van der Waals surface area contributed by atoms with Gasteiger partial charge in [0.25, 0.3) is 0 Å². The third kappa shape index (κ3) is 5.99. The molecule has 0 saturated carbocycles. The molecule has 6 nitrogen and oxygen atoms in total. The highest BCUT2D eigenvalue weighted by atomic mass is 19.3. The molecular formula is C21H23F2N3O3. The lowest BCUT2D eigenvalue weighted by Gasteiger charge is -2.34. The molecule has 3 rings (SSSR count). The molecule has 0 aliphatic carbocycles. The second-order valence-corrected chi connectivity index (χ2v) is 6.58. The van der Waals surface area contributed by atoms with Crippen molar-refractivity contribution in [2.75, 3.05) is 33.3 Å². The average Bonchev–Trinajstić information content (AvgIpc) is 2.73. The maximum atomic E-state index is 12.5. The summed E-state index contributed by atoms with van der Waals surface area (Å²) in [6, 6.07) is 8.52. The quantitative estimate of drug-likeness (QED) is 0.665. The number of rotatable bonds is 7. The van der Waals surface area contributed by atoms with E-state index in [1.165, 1.54) is 24.8 Å². The summed E-state index contributed by atoms with van der Waals surface area (Å²) in [5.74, 6) is 0.0568. The maximum absolute atomic E-state index is 12.5. The number of ether oxygens (including phenoxy) is 2. The summed E-state index contributed by atoms with van der Waals surface area (Å²) in [5.41, 5.74) is 1.86. The van der Waals surface area contributed by atoms with Gasteiger partial charge in [0, 0.05) is 51.2 Å². The van der Waals surface area contributed by atoms with E-state index < -0.39 is 6.61 Å². The SMILES string of the molecule is COc1cc(/C=C/C(=O)N2CCN(Cc3ccncc3)CC2)ccc1OC(F)F. The number of hydrogen-bond acceptors (Lipinski definition) is 5. The molecule has 1 aromatic heterocycles. The highest BCUT2D eigenvalue weighted by Gasteiger charge is 2.19. The number of piperazine rings is 1. The van der Waals surface area contributed by atoms with Crippen LogP contribution in [0.3, 0.4) is 0 Å². The fraction of sp³-hybridized carbons (Fsp3) is 0.333. The van der Waals surface area contributed by atoms with Gasteiger partial charge in [-0.1, -0.05) is 6.07 Å². The molecule has 2 aromatic rings. The van der Waals surface area contributed by atoms with Gasteiger partial charge in [-0.25, -0.2) is 0 Å². The van der Waals surface area contributed by atoms with E-state index in [1.807, 2.05) is 12.1 Å². The van der Waals surface area contributed by atoms with Gasteiger partial charge in [0.1, 0.15) is 0 Å². The highest BCUT2D eigenvalue weighted by molar-refractivity contribution is 5.92. The summed E-state index contributed by atoms with van der Waals surface area (Å²) in [6.07, 6.45) is 6.68. The average molecular weight is 403 g/mol. The second kappa shape index (κ2) is 9.97. The molecule has 1 saturated heterocycles. The van der Waals surface area contributed by atoms with Crippen molar-refractivity contribution in [3.05, 3.63) is 59.9 Å². The second-order valence-electron chi connectivity index (χ2n) is 6.58. The van der Waals surface area contributed by atoms with Crippen LogP contribution in [-0.2, 0) is 11.3 Å². The predicted molar refractivity (Wildman–Crippen MR) is 105 cm³/mol. The van der Waals surface area contributed by atoms with Crippen LogP contribution >= 0.6 is 0 Å². The van der Waals surface area contributed by atoms with Crippen LogP contribution < -0.4 is 9.47 Å². The van der Waals surface area contributed by atoms with Crippen molar-refractivity contribution in [3.63, 3.8) is 0 Å². The number of benzene rings is 1. The Morgan fingerprint density at radius 2 is 1.86 bits per heavy atom. The number of alkyl halides is 2. The first-order valence-electron chi connectivity index (χ1n) is 9.26. The van der Waals surface area contributed by atoms with Crippen LogP contribution in [0.25, 0.3) is 6.08 Å². The van der Waals surface area contributed by atoms with E-state index >= 15 is 0 Å². The van der Waals surface area contributed by atoms with Gasteiger partial charge in [-0.15, -0.1) is 0 Å². The van der Waals surface area contributed by atoms with Gasteiger partial charge in [-0.3, -0.25) is 14.7 Å². The third-order valence-corrected chi connectivity index (χ3v) is 4.66. The zero-order chi connectivity index (χ0) is 20.6. The first kappa shape index (κ1) is 20.7. The molecule has 0 bridgehead atoms. The molecule has 1 amide bonds. The van der Waals surface area contributed by atoms with E-state index in [4.69, 9.17) is 4.74 Å². The zero-order valence-electron chi connectivity index (χ0n) is 16.1. The van der Waals surface area contributed by atoms with Crippen molar-refractivity contribution in [1.82, 2.24) is 14.8 Å². The molecule has 1 aliphatic rings. The van der Waals surface area contributed by atoms with E-state index in [9.17, 15) is 13.6 Å². The molecule has 0 atom stereocenters. The maximum Gasteiger partial charge on any atom is 0.387 e. The normalized spacial score (nSPS) is 15.1. The molecule has 1 fully saturated rings. The van der Waals surface area contributed by atoms with E-state index in [0.29, 0.717) is 18.7 Å². The molecule has 1 aliphatic heterocycles. The Balaban J connectivity index is 1.53. The van der Waals surface area contributed by atoms with Crippen molar-refractivity contribution in [2.45, 2.75) is 13.2 Å². The zero-order valence-corrected chi connectivity index (χ0v) is 16.1. The van der Waals surface area contributed by atoms with Crippen LogP contribution in [0.15, 0.2) is 48.8 Å². The molecule has 154 valence electrons. The van der Waals surface area contributed by atoms with Crippen molar-refractivity contribution >= 4 is 12.0 Å². The Bertz CT molecular complexity index is 838. The molecule has 2 heterocycles. The number of pyridine rings is 1. The Hall–Kier alpha value is -3.00. The smallest absolute Gasteiger partial charge is 0.387 e. The summed E-state index contributed by atoms with van der Waals surface area (Å²) in [7, 11) is 1.37. The summed E-state index contributed by atoms with van der Waals surface area (Å²) in [5, 5.41) is 0. The van der Waals surface area contributed by atoms with Crippen molar-refractivity contribution in [1.29, 1.82) is 0 Å². The first-order chi connectivity index (χ1) is 14.0. The summed E-state index contributed by atoms with van der Waals surface area (Å²) >= 11 is 0. The molecule has 29 heavy (non-hydrogen) atoms. The molecular weight excluding hydrogens is 380 g/mol. The molecule has 0 unspecified atom stereocenters. The number of aromatic nitrogens is 1. The minimum atomic E-state index is -2.93. The lowest BCUT2D eigenvalue weighted by atomic mass is 10.1. The van der Waals surface area contributed by atoms with Crippen LogP contribution in [-0.4, -0.2) is 60.6 Å². The Morgan fingerprint density at radius 1 is 1.14 bits per heavy atom. The first-order valence-corrected chi connectivity index (χ1v) is 9.26. The van der Waals surface area contributed by atoms with Crippen LogP contribution in [0, 0.1) is 0 Å². The third-order valence-electron chi connectivity index (χ3n) is 4.66. The molecule has 0 N–H and O–H groups in total. The van der Waals surface area contributed by atoms with Gasteiger partial charge in [0.2, 0.25) is 5.91 Å². The number of carbonyl (C=O) groups excluding carboxylic acids is 1. The number of methoxy groups -OCH3 is 1. The van der Waals surface area contributed by atoms with Crippen molar-refractivity contribution in [2.24, 2.45) is 0 Å². The van der Waals surface area contributed by atoms with Gasteiger partial charge in [0.15, 0.2) is 11.5 Å². The van der Waals surface area contributed by atoms with Crippen LogP contribution in [0.2, 0.25) is 0 Å². The Labute approximate surface area is 168 Å². The van der Waals surface area contributed by atoms with Gasteiger partial charge in [-0.05, 0) is 41.5 Å². The molecule has 0 radical (unpaired) electrons. The van der Waals surface area contributed by atoms with Gasteiger partial charge >= 0.3 is 6.61 Å². The highest BCUT2D eigenvalue weighted by Crippen LogP contribution is 2.29. The lowest BCUT2D eigenvalue weighted by Crippen LogP contribution is -2.47. The van der Waals surface area contributed by atoms with Gasteiger partial charge < -0.3 is 14.4 Å². The predicted octanol–water partition coefficient (Wildman–Crippen LogP) is 3.05. The Morgan fingerprint density at radius 3 is 2.52 bits per heavy atom. The number of carbonyl (C=O) groups is 1. The molecule has 0 spiro atoms. The standard InChI is InChI=1S/C21H23F2N3O3/c1-28-19-14-16(2-4-18(19)29-21(22)23)3-5-20(27)26-12-10-25(11-13-26)15-17-6-8-24-9-7-17/h2-9,14,21H,10-13,15H2,1H3/b5-3+. The summed E-state index contributed by atoms with van der Waals surface area (Å²) in [4.78, 5) is 20.6. The van der Waals surface area contributed by atoms with Crippen LogP contribution in [0.5, 0.6) is 11.5 Å². The van der Waals surface area contributed by atoms with Crippen molar-refractivity contribution in [3.8, 4) is 11.5 Å². The Kier molecular flexibility index (Phi) is 7.13. The largest absolute Gasteiger partial charge is 0.493 e. The van der Waals surface area contributed by atoms with Gasteiger partial charge in [-0.2, -0.15) is 8.78 Å². The van der Waals surface area contributed by atoms with E-state index in [0.717, 1.165) is 19.6 Å². The molecule has 8 heteroatoms. The van der Waals surface area contributed by atoms with E-state index in [1.54, 1.807) is 35.5 Å². The number of hydrogen-bond donors (Lipinski definition) is 0. The molecule has 1 aromatic carbocycles. The minimum absolute atomic E-state index is 0.0451. The van der Waals surface area contributed by atoms with E-state index in [-0.39, 0.29) is 17.4 Å². The number of halogens is 2. The summed E-state index contributed by atoms with van der Waals surface area (Å²) in [6.45, 7) is 0.819. The minimum Gasteiger partial charge on any atom is -0.493 e. The van der Waals surface area contributed by atoms with E-state index in [2.05, 4.69) is 14.6 Å². The summed E-state index contributed by atoms with van der Waals surface area (Å²) < 4.78 is 34.3. The monoisotopic (exact) mass is 403 g/mol. The lowest BCUT2D eigenvalue weighted by molar-refractivity contribution is -0.127. The fourth-order valence-corrected chi connectivity index (χ4v) is 3.13. The topological polar surface area (TPSA) is 54.9 Å². The number of nitrogens with zero attached hydrogens (tertiary/aromatic N) is 3. The van der Waals surface area contributed by atoms with Crippen LogP contribution in [0.1, 0.15) is 11.1 Å².